The molecule has 2 heterocycles. The first-order valence-electron chi connectivity index (χ1n) is 5.75. The van der Waals surface area contributed by atoms with E-state index in [9.17, 15) is 0 Å². The van der Waals surface area contributed by atoms with E-state index >= 15 is 0 Å². The average Bonchev–Trinajstić information content (AvgIpc) is 3.09. The molecule has 1 saturated carbocycles. The molecule has 16 heavy (non-hydrogen) atoms. The average molecular weight is 279 g/mol. The molecule has 0 radical (unpaired) electrons. The molecule has 0 atom stereocenters. The Morgan fingerprint density at radius 2 is 2.25 bits per heavy atom. The van der Waals surface area contributed by atoms with E-state index in [4.69, 9.17) is 0 Å². The molecule has 1 aliphatic carbocycles. The summed E-state index contributed by atoms with van der Waals surface area (Å²) in [6.45, 7) is 3.15. The van der Waals surface area contributed by atoms with Crippen LogP contribution < -0.4 is 5.32 Å². The molecule has 2 nitrogen and oxygen atoms in total. The van der Waals surface area contributed by atoms with Crippen LogP contribution in [0, 0.1) is 6.92 Å². The molecule has 0 saturated heterocycles. The summed E-state index contributed by atoms with van der Waals surface area (Å²) in [4.78, 5) is 0. The van der Waals surface area contributed by atoms with Gasteiger partial charge in [-0.15, -0.1) is 0 Å². The minimum Gasteiger partial charge on any atom is -0.318 e. The Kier molecular flexibility index (Phi) is 2.52. The Bertz CT molecular complexity index is 526. The van der Waals surface area contributed by atoms with Gasteiger partial charge in [0.05, 0.1) is 5.52 Å². The maximum atomic E-state index is 3.68. The van der Waals surface area contributed by atoms with Gasteiger partial charge in [-0.3, -0.25) is 0 Å². The zero-order valence-corrected chi connectivity index (χ0v) is 10.9. The van der Waals surface area contributed by atoms with Crippen molar-refractivity contribution < 1.29 is 0 Å². The van der Waals surface area contributed by atoms with Gasteiger partial charge in [-0.05, 0) is 53.4 Å². The van der Waals surface area contributed by atoms with E-state index in [-0.39, 0.29) is 0 Å². The predicted molar refractivity (Wildman–Crippen MR) is 69.7 cm³/mol. The quantitative estimate of drug-likeness (QED) is 0.912. The second-order valence-corrected chi connectivity index (χ2v) is 5.29. The Hall–Kier alpha value is -0.800. The lowest BCUT2D eigenvalue weighted by Crippen LogP contribution is -2.17. The van der Waals surface area contributed by atoms with E-state index in [1.165, 1.54) is 34.1 Å². The highest BCUT2D eigenvalue weighted by atomic mass is 79.9. The first-order chi connectivity index (χ1) is 7.77. The van der Waals surface area contributed by atoms with E-state index in [0.29, 0.717) is 0 Å². The van der Waals surface area contributed by atoms with Crippen LogP contribution in [0.1, 0.15) is 24.1 Å². The molecule has 2 aromatic heterocycles. The highest BCUT2D eigenvalue weighted by molar-refractivity contribution is 9.10. The number of aromatic nitrogens is 1. The van der Waals surface area contributed by atoms with Crippen LogP contribution in [0.2, 0.25) is 0 Å². The fourth-order valence-electron chi connectivity index (χ4n) is 2.10. The standard InChI is InChI=1S/C13H15BrN2/c1-9-12(8-15-10-5-6-10)16-7-3-2-4-11(16)13(9)14/h2-4,7,10,15H,5-6,8H2,1H3. The zero-order valence-electron chi connectivity index (χ0n) is 9.33. The summed E-state index contributed by atoms with van der Waals surface area (Å²) in [5.41, 5.74) is 3.97. The number of fused-ring (bicyclic) bond motifs is 1. The first kappa shape index (κ1) is 10.4. The number of halogens is 1. The fraction of sp³-hybridized carbons (Fsp3) is 0.385. The molecule has 0 aliphatic heterocycles. The van der Waals surface area contributed by atoms with Gasteiger partial charge in [-0.25, -0.2) is 0 Å². The lowest BCUT2D eigenvalue weighted by atomic mass is 10.2. The second kappa shape index (κ2) is 3.90. The van der Waals surface area contributed by atoms with Gasteiger partial charge in [0.2, 0.25) is 0 Å². The highest BCUT2D eigenvalue weighted by Gasteiger charge is 2.21. The molecule has 2 aromatic rings. The van der Waals surface area contributed by atoms with Crippen LogP contribution >= 0.6 is 15.9 Å². The third-order valence-corrected chi connectivity index (χ3v) is 4.27. The normalized spacial score (nSPS) is 15.9. The first-order valence-corrected chi connectivity index (χ1v) is 6.54. The number of nitrogens with zero attached hydrogens (tertiary/aromatic N) is 1. The molecule has 0 bridgehead atoms. The number of hydrogen-bond acceptors (Lipinski definition) is 1. The van der Waals surface area contributed by atoms with Gasteiger partial charge in [-0.1, -0.05) is 6.07 Å². The van der Waals surface area contributed by atoms with Crippen molar-refractivity contribution >= 4 is 21.4 Å². The number of rotatable bonds is 3. The Balaban J connectivity index is 2.03. The fourth-order valence-corrected chi connectivity index (χ4v) is 2.66. The summed E-state index contributed by atoms with van der Waals surface area (Å²) in [7, 11) is 0. The number of hydrogen-bond donors (Lipinski definition) is 1. The summed E-state index contributed by atoms with van der Waals surface area (Å²) in [5.74, 6) is 0. The molecular weight excluding hydrogens is 264 g/mol. The molecule has 84 valence electrons. The van der Waals surface area contributed by atoms with Gasteiger partial charge in [0, 0.05) is 29.0 Å². The van der Waals surface area contributed by atoms with Crippen LogP contribution in [0.5, 0.6) is 0 Å². The molecule has 0 spiro atoms. The second-order valence-electron chi connectivity index (χ2n) is 4.50. The minimum absolute atomic E-state index is 0.757. The van der Waals surface area contributed by atoms with E-state index < -0.39 is 0 Å². The Labute approximate surface area is 104 Å². The summed E-state index contributed by atoms with van der Waals surface area (Å²) >= 11 is 3.68. The molecule has 1 N–H and O–H groups in total. The van der Waals surface area contributed by atoms with Gasteiger partial charge in [-0.2, -0.15) is 0 Å². The van der Waals surface area contributed by atoms with Crippen LogP contribution in [0.3, 0.4) is 0 Å². The number of nitrogens with one attached hydrogen (secondary N) is 1. The smallest absolute Gasteiger partial charge is 0.0598 e. The van der Waals surface area contributed by atoms with Crippen LogP contribution in [0.15, 0.2) is 28.9 Å². The Morgan fingerprint density at radius 3 is 3.00 bits per heavy atom. The van der Waals surface area contributed by atoms with Crippen molar-refractivity contribution in [1.29, 1.82) is 0 Å². The molecule has 3 heteroatoms. The van der Waals surface area contributed by atoms with Crippen molar-refractivity contribution in [3.8, 4) is 0 Å². The predicted octanol–water partition coefficient (Wildman–Crippen LogP) is 3.26. The maximum absolute atomic E-state index is 3.68. The third-order valence-electron chi connectivity index (χ3n) is 3.27. The van der Waals surface area contributed by atoms with E-state index in [1.807, 2.05) is 0 Å². The summed E-state index contributed by atoms with van der Waals surface area (Å²) < 4.78 is 3.50. The number of pyridine rings is 1. The van der Waals surface area contributed by atoms with Gasteiger partial charge in [0.1, 0.15) is 0 Å². The topological polar surface area (TPSA) is 16.4 Å². The third kappa shape index (κ3) is 1.68. The molecule has 0 unspecified atom stereocenters. The van der Waals surface area contributed by atoms with E-state index in [1.54, 1.807) is 0 Å². The molecule has 3 rings (SSSR count). The summed E-state index contributed by atoms with van der Waals surface area (Å²) in [6.07, 6.45) is 4.81. The van der Waals surface area contributed by atoms with Crippen molar-refractivity contribution in [2.24, 2.45) is 0 Å². The van der Waals surface area contributed by atoms with Crippen LogP contribution in [-0.2, 0) is 6.54 Å². The molecule has 1 fully saturated rings. The van der Waals surface area contributed by atoms with Crippen LogP contribution in [0.4, 0.5) is 0 Å². The maximum Gasteiger partial charge on any atom is 0.0598 e. The lowest BCUT2D eigenvalue weighted by molar-refractivity contribution is 0.668. The molecule has 0 aromatic carbocycles. The molecule has 0 amide bonds. The summed E-state index contributed by atoms with van der Waals surface area (Å²) in [5, 5.41) is 3.58. The monoisotopic (exact) mass is 278 g/mol. The van der Waals surface area contributed by atoms with Crippen molar-refractivity contribution in [3.05, 3.63) is 40.1 Å². The van der Waals surface area contributed by atoms with Crippen molar-refractivity contribution in [2.45, 2.75) is 32.4 Å². The molecule has 1 aliphatic rings. The summed E-state index contributed by atoms with van der Waals surface area (Å²) in [6, 6.07) is 7.07. The van der Waals surface area contributed by atoms with Gasteiger partial charge in [0.15, 0.2) is 0 Å². The van der Waals surface area contributed by atoms with E-state index in [2.05, 4.69) is 57.0 Å². The SMILES string of the molecule is Cc1c(Br)c2ccccn2c1CNC1CC1. The van der Waals surface area contributed by atoms with Gasteiger partial charge >= 0.3 is 0 Å². The lowest BCUT2D eigenvalue weighted by Gasteiger charge is -2.05. The largest absolute Gasteiger partial charge is 0.318 e. The molecular formula is C13H15BrN2. The van der Waals surface area contributed by atoms with Crippen molar-refractivity contribution in [3.63, 3.8) is 0 Å². The van der Waals surface area contributed by atoms with Crippen LogP contribution in [-0.4, -0.2) is 10.4 Å². The van der Waals surface area contributed by atoms with Crippen molar-refractivity contribution in [2.75, 3.05) is 0 Å². The zero-order chi connectivity index (χ0) is 11.1. The van der Waals surface area contributed by atoms with E-state index in [0.717, 1.165) is 12.6 Å². The van der Waals surface area contributed by atoms with Crippen molar-refractivity contribution in [1.82, 2.24) is 9.72 Å². The highest BCUT2D eigenvalue weighted by Crippen LogP contribution is 2.29. The Morgan fingerprint density at radius 1 is 1.44 bits per heavy atom. The van der Waals surface area contributed by atoms with Gasteiger partial charge < -0.3 is 9.72 Å². The van der Waals surface area contributed by atoms with Gasteiger partial charge in [0.25, 0.3) is 0 Å². The van der Waals surface area contributed by atoms with Crippen LogP contribution in [0.25, 0.3) is 5.52 Å². The minimum atomic E-state index is 0.757.